The van der Waals surface area contributed by atoms with E-state index in [9.17, 15) is 0 Å². The van der Waals surface area contributed by atoms with Gasteiger partial charge in [0.2, 0.25) is 0 Å². The van der Waals surface area contributed by atoms with Crippen LogP contribution in [0.2, 0.25) is 0 Å². The highest BCUT2D eigenvalue weighted by Crippen LogP contribution is 2.37. The van der Waals surface area contributed by atoms with Crippen molar-refractivity contribution in [1.82, 2.24) is 9.97 Å². The number of hydrogen-bond acceptors (Lipinski definition) is 2. The molecule has 3 N–H and O–H groups in total. The zero-order valence-corrected chi connectivity index (χ0v) is 12.8. The lowest BCUT2D eigenvalue weighted by Crippen LogP contribution is -2.27. The molecule has 0 radical (unpaired) electrons. The summed E-state index contributed by atoms with van der Waals surface area (Å²) in [6.45, 7) is 2.30. The standard InChI is InChI=1S/C17H29N3/c1-2-3-4-12-5-7-13(8-6-12)17-19-15-10-9-14(18)11-16(15)20-17/h12-14H,2-11,18H2,1H3,(H,19,20). The lowest BCUT2D eigenvalue weighted by molar-refractivity contribution is 0.299. The number of unbranched alkanes of at least 4 members (excludes halogenated alkanes) is 1. The minimum absolute atomic E-state index is 0.334. The van der Waals surface area contributed by atoms with Crippen molar-refractivity contribution in [3.63, 3.8) is 0 Å². The first-order valence-electron chi connectivity index (χ1n) is 8.59. The maximum atomic E-state index is 6.05. The van der Waals surface area contributed by atoms with Crippen molar-refractivity contribution in [1.29, 1.82) is 0 Å². The Morgan fingerprint density at radius 2 is 2.00 bits per heavy atom. The van der Waals surface area contributed by atoms with E-state index in [1.54, 1.807) is 0 Å². The number of fused-ring (bicyclic) bond motifs is 1. The third kappa shape index (κ3) is 3.08. The fourth-order valence-corrected chi connectivity index (χ4v) is 3.94. The Hall–Kier alpha value is -0.830. The summed E-state index contributed by atoms with van der Waals surface area (Å²) in [5.41, 5.74) is 8.68. The van der Waals surface area contributed by atoms with Gasteiger partial charge in [-0.1, -0.05) is 26.2 Å². The summed E-state index contributed by atoms with van der Waals surface area (Å²) in [5.74, 6) is 2.91. The second-order valence-corrected chi connectivity index (χ2v) is 6.91. The SMILES string of the molecule is CCCCC1CCC(c2nc3c([nH]2)CC(N)CC3)CC1. The van der Waals surface area contributed by atoms with Crippen molar-refractivity contribution >= 4 is 0 Å². The summed E-state index contributed by atoms with van der Waals surface area (Å²) in [5, 5.41) is 0. The van der Waals surface area contributed by atoms with E-state index in [1.165, 1.54) is 62.2 Å². The average Bonchev–Trinajstić information content (AvgIpc) is 2.88. The summed E-state index contributed by atoms with van der Waals surface area (Å²) >= 11 is 0. The summed E-state index contributed by atoms with van der Waals surface area (Å²) in [7, 11) is 0. The fraction of sp³-hybridized carbons (Fsp3) is 0.824. The molecule has 1 aromatic rings. The molecule has 1 heterocycles. The van der Waals surface area contributed by atoms with Crippen molar-refractivity contribution in [2.45, 2.75) is 83.1 Å². The third-order valence-electron chi connectivity index (χ3n) is 5.30. The third-order valence-corrected chi connectivity index (χ3v) is 5.30. The second-order valence-electron chi connectivity index (χ2n) is 6.91. The molecule has 112 valence electrons. The van der Waals surface area contributed by atoms with E-state index in [2.05, 4.69) is 11.9 Å². The first-order chi connectivity index (χ1) is 9.76. The fourth-order valence-electron chi connectivity index (χ4n) is 3.94. The summed E-state index contributed by atoms with van der Waals surface area (Å²) in [6.07, 6.45) is 12.8. The van der Waals surface area contributed by atoms with Gasteiger partial charge in [-0.3, -0.25) is 0 Å². The van der Waals surface area contributed by atoms with Crippen LogP contribution in [0.5, 0.6) is 0 Å². The Bertz CT molecular complexity index is 429. The zero-order valence-electron chi connectivity index (χ0n) is 12.8. The molecule has 0 aromatic carbocycles. The highest BCUT2D eigenvalue weighted by atomic mass is 15.0. The normalized spacial score (nSPS) is 30.2. The Kier molecular flexibility index (Phi) is 4.45. The van der Waals surface area contributed by atoms with Gasteiger partial charge in [0, 0.05) is 24.1 Å². The molecule has 3 nitrogen and oxygen atoms in total. The summed E-state index contributed by atoms with van der Waals surface area (Å²) in [6, 6.07) is 0.334. The number of aromatic nitrogens is 2. The van der Waals surface area contributed by atoms with Crippen molar-refractivity contribution in [3.8, 4) is 0 Å². The number of rotatable bonds is 4. The van der Waals surface area contributed by atoms with Gasteiger partial charge in [-0.25, -0.2) is 4.98 Å². The van der Waals surface area contributed by atoms with Crippen LogP contribution in [-0.4, -0.2) is 16.0 Å². The molecule has 1 atom stereocenters. The largest absolute Gasteiger partial charge is 0.345 e. The molecule has 3 heteroatoms. The van der Waals surface area contributed by atoms with Gasteiger partial charge in [0.15, 0.2) is 0 Å². The van der Waals surface area contributed by atoms with Gasteiger partial charge < -0.3 is 10.7 Å². The highest BCUT2D eigenvalue weighted by Gasteiger charge is 2.26. The van der Waals surface area contributed by atoms with Crippen LogP contribution in [0.1, 0.15) is 81.4 Å². The van der Waals surface area contributed by atoms with Gasteiger partial charge >= 0.3 is 0 Å². The highest BCUT2D eigenvalue weighted by molar-refractivity contribution is 5.21. The maximum absolute atomic E-state index is 6.05. The van der Waals surface area contributed by atoms with E-state index in [0.717, 1.165) is 25.2 Å². The van der Waals surface area contributed by atoms with E-state index < -0.39 is 0 Å². The quantitative estimate of drug-likeness (QED) is 0.880. The number of hydrogen-bond donors (Lipinski definition) is 2. The Morgan fingerprint density at radius 1 is 1.20 bits per heavy atom. The molecule has 1 aromatic heterocycles. The molecule has 1 saturated carbocycles. The van der Waals surface area contributed by atoms with Crippen LogP contribution in [0, 0.1) is 5.92 Å². The van der Waals surface area contributed by atoms with Crippen LogP contribution in [0.4, 0.5) is 0 Å². The Morgan fingerprint density at radius 3 is 2.75 bits per heavy atom. The molecular formula is C17H29N3. The molecule has 0 aliphatic heterocycles. The van der Waals surface area contributed by atoms with Crippen LogP contribution in [0.25, 0.3) is 0 Å². The van der Waals surface area contributed by atoms with E-state index >= 15 is 0 Å². The van der Waals surface area contributed by atoms with E-state index in [1.807, 2.05) is 0 Å². The van der Waals surface area contributed by atoms with Gasteiger partial charge in [0.25, 0.3) is 0 Å². The number of imidazole rings is 1. The Balaban J connectivity index is 1.58. The van der Waals surface area contributed by atoms with Crippen LogP contribution in [-0.2, 0) is 12.8 Å². The number of nitrogens with two attached hydrogens (primary N) is 1. The number of aromatic amines is 1. The van der Waals surface area contributed by atoms with Gasteiger partial charge in [0.1, 0.15) is 5.82 Å². The van der Waals surface area contributed by atoms with Crippen molar-refractivity contribution in [2.75, 3.05) is 0 Å². The number of nitrogens with zero attached hydrogens (tertiary/aromatic N) is 1. The van der Waals surface area contributed by atoms with Crippen LogP contribution in [0.15, 0.2) is 0 Å². The smallest absolute Gasteiger partial charge is 0.109 e. The topological polar surface area (TPSA) is 54.7 Å². The molecule has 0 bridgehead atoms. The van der Waals surface area contributed by atoms with E-state index in [4.69, 9.17) is 10.7 Å². The lowest BCUT2D eigenvalue weighted by atomic mass is 9.79. The minimum atomic E-state index is 0.334. The molecule has 1 unspecified atom stereocenters. The predicted molar refractivity (Wildman–Crippen MR) is 82.8 cm³/mol. The van der Waals surface area contributed by atoms with E-state index in [0.29, 0.717) is 12.0 Å². The van der Waals surface area contributed by atoms with Gasteiger partial charge in [-0.05, 0) is 44.4 Å². The molecule has 3 rings (SSSR count). The number of aryl methyl sites for hydroxylation is 1. The van der Waals surface area contributed by atoms with Crippen molar-refractivity contribution in [2.24, 2.45) is 11.7 Å². The zero-order chi connectivity index (χ0) is 13.9. The molecule has 2 aliphatic carbocycles. The van der Waals surface area contributed by atoms with Gasteiger partial charge in [0.05, 0.1) is 5.69 Å². The Labute approximate surface area is 122 Å². The van der Waals surface area contributed by atoms with Crippen LogP contribution < -0.4 is 5.73 Å². The maximum Gasteiger partial charge on any atom is 0.109 e. The number of H-pyrrole nitrogens is 1. The van der Waals surface area contributed by atoms with Crippen molar-refractivity contribution < 1.29 is 0 Å². The van der Waals surface area contributed by atoms with E-state index in [-0.39, 0.29) is 0 Å². The van der Waals surface area contributed by atoms with Gasteiger partial charge in [-0.2, -0.15) is 0 Å². The van der Waals surface area contributed by atoms with Crippen molar-refractivity contribution in [3.05, 3.63) is 17.2 Å². The molecule has 0 saturated heterocycles. The first-order valence-corrected chi connectivity index (χ1v) is 8.59. The first kappa shape index (κ1) is 14.1. The van der Waals surface area contributed by atoms with Gasteiger partial charge in [-0.15, -0.1) is 0 Å². The minimum Gasteiger partial charge on any atom is -0.345 e. The molecular weight excluding hydrogens is 246 g/mol. The predicted octanol–water partition coefficient (Wildman–Crippen LogP) is 3.69. The van der Waals surface area contributed by atoms with Crippen LogP contribution >= 0.6 is 0 Å². The summed E-state index contributed by atoms with van der Waals surface area (Å²) in [4.78, 5) is 8.49. The monoisotopic (exact) mass is 275 g/mol. The average molecular weight is 275 g/mol. The molecule has 0 spiro atoms. The molecule has 2 aliphatic rings. The molecule has 0 amide bonds. The number of nitrogens with one attached hydrogen (secondary N) is 1. The lowest BCUT2D eigenvalue weighted by Gasteiger charge is -2.27. The molecule has 1 fully saturated rings. The molecule has 20 heavy (non-hydrogen) atoms. The van der Waals surface area contributed by atoms with Crippen LogP contribution in [0.3, 0.4) is 0 Å². The summed E-state index contributed by atoms with van der Waals surface area (Å²) < 4.78 is 0. The second kappa shape index (κ2) is 6.30.